The molecule has 0 aromatic heterocycles. The van der Waals surface area contributed by atoms with Gasteiger partial charge in [-0.3, -0.25) is 0 Å². The van der Waals surface area contributed by atoms with Crippen LogP contribution in [0.2, 0.25) is 0 Å². The van der Waals surface area contributed by atoms with Crippen molar-refractivity contribution in [1.29, 1.82) is 0 Å². The molecule has 0 spiro atoms. The van der Waals surface area contributed by atoms with Gasteiger partial charge >= 0.3 is 0 Å². The molecule has 0 aliphatic carbocycles. The largest absolute Gasteiger partial charge is 0.392 e. The van der Waals surface area contributed by atoms with Crippen LogP contribution in [0.25, 0.3) is 0 Å². The summed E-state index contributed by atoms with van der Waals surface area (Å²) in [5, 5.41) is 13.2. The second-order valence-electron chi connectivity index (χ2n) is 6.71. The van der Waals surface area contributed by atoms with Gasteiger partial charge in [-0.1, -0.05) is 31.5 Å². The Morgan fingerprint density at radius 2 is 1.78 bits per heavy atom. The first kappa shape index (κ1) is 18.4. The Hall–Kier alpha value is -0.950. The van der Waals surface area contributed by atoms with E-state index in [1.54, 1.807) is 16.4 Å². The van der Waals surface area contributed by atoms with Crippen LogP contribution in [0.4, 0.5) is 0 Å². The molecule has 1 unspecified atom stereocenters. The Morgan fingerprint density at radius 3 is 2.30 bits per heavy atom. The summed E-state index contributed by atoms with van der Waals surface area (Å²) in [5.74, 6) is 0.226. The molecule has 1 saturated heterocycles. The number of aryl methyl sites for hydroxylation is 1. The third-order valence-electron chi connectivity index (χ3n) is 4.50. The first-order chi connectivity index (χ1) is 10.8. The second-order valence-corrected chi connectivity index (χ2v) is 8.65. The summed E-state index contributed by atoms with van der Waals surface area (Å²) >= 11 is 0. The van der Waals surface area contributed by atoms with E-state index in [0.717, 1.165) is 18.4 Å². The number of hydrogen-bond donors (Lipinski definition) is 2. The van der Waals surface area contributed by atoms with E-state index in [1.807, 2.05) is 32.9 Å². The Balaban J connectivity index is 1.89. The molecule has 2 rings (SSSR count). The van der Waals surface area contributed by atoms with E-state index in [2.05, 4.69) is 5.32 Å². The van der Waals surface area contributed by atoms with E-state index in [1.165, 1.54) is 0 Å². The molecule has 1 aromatic carbocycles. The summed E-state index contributed by atoms with van der Waals surface area (Å²) < 4.78 is 26.8. The van der Waals surface area contributed by atoms with Crippen LogP contribution in [0.3, 0.4) is 0 Å². The van der Waals surface area contributed by atoms with Crippen molar-refractivity contribution in [2.45, 2.75) is 50.7 Å². The van der Waals surface area contributed by atoms with Crippen molar-refractivity contribution >= 4 is 10.0 Å². The smallest absolute Gasteiger partial charge is 0.243 e. The molecule has 2 N–H and O–H groups in total. The normalized spacial score (nSPS) is 19.2. The van der Waals surface area contributed by atoms with Crippen molar-refractivity contribution in [3.8, 4) is 0 Å². The Labute approximate surface area is 139 Å². The predicted octanol–water partition coefficient (Wildman–Crippen LogP) is 1.75. The van der Waals surface area contributed by atoms with Crippen molar-refractivity contribution in [2.75, 3.05) is 19.6 Å². The first-order valence-corrected chi connectivity index (χ1v) is 9.73. The van der Waals surface area contributed by atoms with Gasteiger partial charge in [0.1, 0.15) is 0 Å². The number of sulfonamides is 1. The monoisotopic (exact) mass is 340 g/mol. The zero-order valence-corrected chi connectivity index (χ0v) is 15.0. The van der Waals surface area contributed by atoms with Gasteiger partial charge in [0, 0.05) is 25.7 Å². The SMILES string of the molecule is Cc1ccc(S(=O)(=O)N2CCC(NCC(O)C(C)C)CC2)cc1. The maximum atomic E-state index is 12.6. The molecule has 1 atom stereocenters. The molecule has 0 amide bonds. The van der Waals surface area contributed by atoms with E-state index in [-0.39, 0.29) is 18.1 Å². The standard InChI is InChI=1S/C17H28N2O3S/c1-13(2)17(20)12-18-15-8-10-19(11-9-15)23(21,22)16-6-4-14(3)5-7-16/h4-7,13,15,17-18,20H,8-12H2,1-3H3. The van der Waals surface area contributed by atoms with Crippen molar-refractivity contribution in [3.63, 3.8) is 0 Å². The molecule has 1 heterocycles. The molecular weight excluding hydrogens is 312 g/mol. The molecule has 0 bridgehead atoms. The number of rotatable bonds is 6. The second kappa shape index (κ2) is 7.75. The summed E-state index contributed by atoms with van der Waals surface area (Å²) in [6.45, 7) is 7.52. The number of nitrogens with zero attached hydrogens (tertiary/aromatic N) is 1. The quantitative estimate of drug-likeness (QED) is 0.828. The van der Waals surface area contributed by atoms with Gasteiger partial charge in [-0.25, -0.2) is 8.42 Å². The minimum Gasteiger partial charge on any atom is -0.392 e. The van der Waals surface area contributed by atoms with Crippen molar-refractivity contribution in [2.24, 2.45) is 5.92 Å². The van der Waals surface area contributed by atoms with Crippen LogP contribution in [0.5, 0.6) is 0 Å². The van der Waals surface area contributed by atoms with E-state index in [4.69, 9.17) is 0 Å². The fourth-order valence-electron chi connectivity index (χ4n) is 2.68. The van der Waals surface area contributed by atoms with E-state index in [0.29, 0.717) is 24.5 Å². The number of aliphatic hydroxyl groups is 1. The Kier molecular flexibility index (Phi) is 6.19. The Bertz CT molecular complexity index is 591. The maximum Gasteiger partial charge on any atom is 0.243 e. The molecule has 130 valence electrons. The summed E-state index contributed by atoms with van der Waals surface area (Å²) in [4.78, 5) is 0.365. The summed E-state index contributed by atoms with van der Waals surface area (Å²) in [7, 11) is -3.39. The molecule has 23 heavy (non-hydrogen) atoms. The van der Waals surface area contributed by atoms with Crippen LogP contribution < -0.4 is 5.32 Å². The van der Waals surface area contributed by atoms with Crippen molar-refractivity contribution in [3.05, 3.63) is 29.8 Å². The predicted molar refractivity (Wildman–Crippen MR) is 91.8 cm³/mol. The fraction of sp³-hybridized carbons (Fsp3) is 0.647. The number of nitrogens with one attached hydrogen (secondary N) is 1. The molecule has 0 saturated carbocycles. The molecule has 6 heteroatoms. The molecule has 1 aliphatic rings. The van der Waals surface area contributed by atoms with Gasteiger partial charge in [-0.05, 0) is 37.8 Å². The van der Waals surface area contributed by atoms with Crippen LogP contribution in [-0.2, 0) is 10.0 Å². The van der Waals surface area contributed by atoms with E-state index in [9.17, 15) is 13.5 Å². The van der Waals surface area contributed by atoms with Gasteiger partial charge in [-0.15, -0.1) is 0 Å². The van der Waals surface area contributed by atoms with Gasteiger partial charge in [0.15, 0.2) is 0 Å². The third kappa shape index (κ3) is 4.76. The highest BCUT2D eigenvalue weighted by atomic mass is 32.2. The molecule has 1 fully saturated rings. The number of benzene rings is 1. The van der Waals surface area contributed by atoms with E-state index < -0.39 is 10.0 Å². The highest BCUT2D eigenvalue weighted by molar-refractivity contribution is 7.89. The lowest BCUT2D eigenvalue weighted by atomic mass is 10.0. The lowest BCUT2D eigenvalue weighted by Gasteiger charge is -2.32. The molecular formula is C17H28N2O3S. The molecule has 5 nitrogen and oxygen atoms in total. The highest BCUT2D eigenvalue weighted by Gasteiger charge is 2.29. The zero-order valence-electron chi connectivity index (χ0n) is 14.2. The maximum absolute atomic E-state index is 12.6. The van der Waals surface area contributed by atoms with Crippen LogP contribution in [0.1, 0.15) is 32.3 Å². The number of hydrogen-bond acceptors (Lipinski definition) is 4. The number of aliphatic hydroxyl groups excluding tert-OH is 1. The van der Waals surface area contributed by atoms with Gasteiger partial charge in [0.05, 0.1) is 11.0 Å². The number of piperidine rings is 1. The third-order valence-corrected chi connectivity index (χ3v) is 6.41. The fourth-order valence-corrected chi connectivity index (χ4v) is 4.15. The summed E-state index contributed by atoms with van der Waals surface area (Å²) in [5.41, 5.74) is 1.05. The van der Waals surface area contributed by atoms with Crippen molar-refractivity contribution in [1.82, 2.24) is 9.62 Å². The van der Waals surface area contributed by atoms with Gasteiger partial charge in [-0.2, -0.15) is 4.31 Å². The topological polar surface area (TPSA) is 69.6 Å². The molecule has 0 radical (unpaired) electrons. The van der Waals surface area contributed by atoms with Gasteiger partial charge in [0.2, 0.25) is 10.0 Å². The van der Waals surface area contributed by atoms with Crippen molar-refractivity contribution < 1.29 is 13.5 Å². The van der Waals surface area contributed by atoms with Gasteiger partial charge < -0.3 is 10.4 Å². The minimum absolute atomic E-state index is 0.226. The molecule has 1 aromatic rings. The lowest BCUT2D eigenvalue weighted by molar-refractivity contribution is 0.116. The van der Waals surface area contributed by atoms with E-state index >= 15 is 0 Å². The van der Waals surface area contributed by atoms with Crippen LogP contribution in [0.15, 0.2) is 29.2 Å². The highest BCUT2D eigenvalue weighted by Crippen LogP contribution is 2.21. The van der Waals surface area contributed by atoms with Gasteiger partial charge in [0.25, 0.3) is 0 Å². The zero-order chi connectivity index (χ0) is 17.0. The average molecular weight is 340 g/mol. The minimum atomic E-state index is -3.39. The first-order valence-electron chi connectivity index (χ1n) is 8.29. The van der Waals surface area contributed by atoms with Crippen LogP contribution in [0, 0.1) is 12.8 Å². The Morgan fingerprint density at radius 1 is 1.22 bits per heavy atom. The molecule has 1 aliphatic heterocycles. The van der Waals surface area contributed by atoms with Crippen LogP contribution >= 0.6 is 0 Å². The average Bonchev–Trinajstić information content (AvgIpc) is 2.53. The van der Waals surface area contributed by atoms with Crippen LogP contribution in [-0.4, -0.2) is 49.6 Å². The summed E-state index contributed by atoms with van der Waals surface area (Å²) in [6.07, 6.45) is 1.19. The summed E-state index contributed by atoms with van der Waals surface area (Å²) in [6, 6.07) is 7.28. The lowest BCUT2D eigenvalue weighted by Crippen LogP contribution is -2.46.